The highest BCUT2D eigenvalue weighted by molar-refractivity contribution is 6.09. The third kappa shape index (κ3) is 3.87. The smallest absolute Gasteiger partial charge is 0.338 e. The highest BCUT2D eigenvalue weighted by Crippen LogP contribution is 2.28. The Morgan fingerprint density at radius 3 is 2.13 bits per heavy atom. The van der Waals surface area contributed by atoms with Gasteiger partial charge >= 0.3 is 5.97 Å². The Kier molecular flexibility index (Phi) is 5.44. The lowest BCUT2D eigenvalue weighted by molar-refractivity contribution is -0.126. The van der Waals surface area contributed by atoms with E-state index in [1.807, 2.05) is 30.3 Å². The third-order valence-corrected chi connectivity index (χ3v) is 5.20. The van der Waals surface area contributed by atoms with E-state index in [4.69, 9.17) is 4.74 Å². The van der Waals surface area contributed by atoms with Gasteiger partial charge in [-0.2, -0.15) is 0 Å². The largest absolute Gasteiger partial charge is 0.449 e. The Labute approximate surface area is 174 Å². The van der Waals surface area contributed by atoms with Crippen molar-refractivity contribution in [1.29, 1.82) is 0 Å². The van der Waals surface area contributed by atoms with Crippen LogP contribution in [0.3, 0.4) is 0 Å². The number of ketones is 1. The molecule has 150 valence electrons. The molecule has 1 aliphatic heterocycles. The summed E-state index contributed by atoms with van der Waals surface area (Å²) in [6.45, 7) is 2.16. The Hall–Kier alpha value is -3.73. The molecule has 1 unspecified atom stereocenters. The summed E-state index contributed by atoms with van der Waals surface area (Å²) in [6.07, 6.45) is -0.117. The summed E-state index contributed by atoms with van der Waals surface area (Å²) < 4.78 is 5.40. The Morgan fingerprint density at radius 2 is 1.40 bits per heavy atom. The van der Waals surface area contributed by atoms with Crippen molar-refractivity contribution in [1.82, 2.24) is 0 Å². The molecule has 1 amide bonds. The minimum atomic E-state index is -0.908. The van der Waals surface area contributed by atoms with Crippen molar-refractivity contribution in [3.05, 3.63) is 101 Å². The quantitative estimate of drug-likeness (QED) is 0.480. The van der Waals surface area contributed by atoms with Crippen LogP contribution in [0.25, 0.3) is 0 Å². The summed E-state index contributed by atoms with van der Waals surface area (Å²) in [7, 11) is 0. The molecule has 0 aliphatic carbocycles. The average Bonchev–Trinajstić information content (AvgIpc) is 3.23. The van der Waals surface area contributed by atoms with Crippen LogP contribution in [0.2, 0.25) is 0 Å². The second-order valence-electron chi connectivity index (χ2n) is 7.19. The number of carbonyl (C=O) groups is 3. The van der Waals surface area contributed by atoms with Gasteiger partial charge in [0, 0.05) is 23.4 Å². The average molecular weight is 399 g/mol. The van der Waals surface area contributed by atoms with Crippen LogP contribution < -0.4 is 4.90 Å². The maximum Gasteiger partial charge on any atom is 0.338 e. The second-order valence-corrected chi connectivity index (χ2v) is 7.19. The molecule has 0 radical (unpaired) electrons. The Bertz CT molecular complexity index is 1090. The molecule has 4 rings (SSSR count). The molecule has 0 fully saturated rings. The lowest BCUT2D eigenvalue weighted by Gasteiger charge is -2.21. The zero-order valence-electron chi connectivity index (χ0n) is 16.6. The first-order valence-electron chi connectivity index (χ1n) is 9.84. The van der Waals surface area contributed by atoms with Gasteiger partial charge in [-0.1, -0.05) is 60.7 Å². The van der Waals surface area contributed by atoms with Crippen molar-refractivity contribution < 1.29 is 19.1 Å². The summed E-state index contributed by atoms with van der Waals surface area (Å²) >= 11 is 0. The number of amides is 1. The van der Waals surface area contributed by atoms with Gasteiger partial charge in [-0.05, 0) is 37.1 Å². The standard InChI is InChI=1S/C25H21NO4/c1-17(24(28)26-16-15-18-7-5-6-10-22(18)26)30-25(29)21-13-11-20(12-14-21)23(27)19-8-3-2-4-9-19/h2-14,17H,15-16H2,1H3. The van der Waals surface area contributed by atoms with E-state index in [0.717, 1.165) is 17.7 Å². The van der Waals surface area contributed by atoms with Crippen molar-refractivity contribution in [2.45, 2.75) is 19.4 Å². The zero-order valence-corrected chi connectivity index (χ0v) is 16.6. The highest BCUT2D eigenvalue weighted by Gasteiger charge is 2.30. The van der Waals surface area contributed by atoms with E-state index in [9.17, 15) is 14.4 Å². The number of ether oxygens (including phenoxy) is 1. The lowest BCUT2D eigenvalue weighted by Crippen LogP contribution is -2.39. The van der Waals surface area contributed by atoms with Gasteiger partial charge in [0.05, 0.1) is 5.56 Å². The normalized spacial score (nSPS) is 13.4. The van der Waals surface area contributed by atoms with Crippen molar-refractivity contribution in [3.8, 4) is 0 Å². The van der Waals surface area contributed by atoms with Crippen LogP contribution in [0, 0.1) is 0 Å². The fraction of sp³-hybridized carbons (Fsp3) is 0.160. The Morgan fingerprint density at radius 1 is 0.800 bits per heavy atom. The van der Waals surface area contributed by atoms with Gasteiger partial charge < -0.3 is 9.64 Å². The predicted octanol–water partition coefficient (Wildman–Crippen LogP) is 4.05. The van der Waals surface area contributed by atoms with Crippen molar-refractivity contribution in [3.63, 3.8) is 0 Å². The van der Waals surface area contributed by atoms with Gasteiger partial charge in [-0.25, -0.2) is 4.79 Å². The molecule has 3 aromatic rings. The molecule has 0 saturated carbocycles. The minimum absolute atomic E-state index is 0.119. The minimum Gasteiger partial charge on any atom is -0.449 e. The SMILES string of the molecule is CC(OC(=O)c1ccc(C(=O)c2ccccc2)cc1)C(=O)N1CCc2ccccc21. The number of benzene rings is 3. The van der Waals surface area contributed by atoms with E-state index in [2.05, 4.69) is 0 Å². The number of hydrogen-bond donors (Lipinski definition) is 0. The van der Waals surface area contributed by atoms with Crippen molar-refractivity contribution in [2.75, 3.05) is 11.4 Å². The van der Waals surface area contributed by atoms with Crippen LogP contribution in [-0.2, 0) is 16.0 Å². The van der Waals surface area contributed by atoms with Crippen LogP contribution in [0.15, 0.2) is 78.9 Å². The number of rotatable bonds is 5. The lowest BCUT2D eigenvalue weighted by atomic mass is 10.0. The third-order valence-electron chi connectivity index (χ3n) is 5.20. The first-order chi connectivity index (χ1) is 14.5. The molecular formula is C25H21NO4. The molecule has 0 aromatic heterocycles. The van der Waals surface area contributed by atoms with Crippen molar-refractivity contribution >= 4 is 23.3 Å². The van der Waals surface area contributed by atoms with Gasteiger partial charge in [0.1, 0.15) is 0 Å². The van der Waals surface area contributed by atoms with Crippen molar-refractivity contribution in [2.24, 2.45) is 0 Å². The molecule has 30 heavy (non-hydrogen) atoms. The summed E-state index contributed by atoms with van der Waals surface area (Å²) in [5.74, 6) is -0.960. The van der Waals surface area contributed by atoms with Crippen LogP contribution in [0.1, 0.15) is 38.8 Å². The highest BCUT2D eigenvalue weighted by atomic mass is 16.5. The molecular weight excluding hydrogens is 378 g/mol. The second kappa shape index (κ2) is 8.33. The summed E-state index contributed by atoms with van der Waals surface area (Å²) in [5.41, 5.74) is 3.34. The van der Waals surface area contributed by atoms with E-state index in [1.54, 1.807) is 60.4 Å². The van der Waals surface area contributed by atoms with E-state index in [1.165, 1.54) is 0 Å². The van der Waals surface area contributed by atoms with E-state index < -0.39 is 12.1 Å². The van der Waals surface area contributed by atoms with Gasteiger partial charge in [-0.3, -0.25) is 9.59 Å². The Balaban J connectivity index is 1.41. The monoisotopic (exact) mass is 399 g/mol. The molecule has 1 heterocycles. The molecule has 3 aromatic carbocycles. The number of nitrogens with zero attached hydrogens (tertiary/aromatic N) is 1. The fourth-order valence-corrected chi connectivity index (χ4v) is 3.58. The first kappa shape index (κ1) is 19.6. The van der Waals surface area contributed by atoms with E-state index in [0.29, 0.717) is 23.2 Å². The molecule has 1 aliphatic rings. The van der Waals surface area contributed by atoms with E-state index >= 15 is 0 Å². The number of para-hydroxylation sites is 1. The van der Waals surface area contributed by atoms with Gasteiger partial charge in [0.15, 0.2) is 11.9 Å². The maximum atomic E-state index is 12.8. The number of fused-ring (bicyclic) bond motifs is 1. The number of carbonyl (C=O) groups excluding carboxylic acids is 3. The van der Waals surface area contributed by atoms with Crippen LogP contribution in [-0.4, -0.2) is 30.3 Å². The molecule has 5 heteroatoms. The van der Waals surface area contributed by atoms with Crippen LogP contribution in [0.5, 0.6) is 0 Å². The molecule has 0 saturated heterocycles. The molecule has 0 N–H and O–H groups in total. The van der Waals surface area contributed by atoms with E-state index in [-0.39, 0.29) is 11.7 Å². The van der Waals surface area contributed by atoms with Gasteiger partial charge in [0.25, 0.3) is 5.91 Å². The number of esters is 1. The maximum absolute atomic E-state index is 12.8. The number of anilines is 1. The topological polar surface area (TPSA) is 63.7 Å². The summed E-state index contributed by atoms with van der Waals surface area (Å²) in [4.78, 5) is 39.4. The molecule has 0 spiro atoms. The van der Waals surface area contributed by atoms with Gasteiger partial charge in [0.2, 0.25) is 0 Å². The predicted molar refractivity (Wildman–Crippen MR) is 114 cm³/mol. The molecule has 5 nitrogen and oxygen atoms in total. The summed E-state index contributed by atoms with van der Waals surface area (Å²) in [5, 5.41) is 0. The van der Waals surface area contributed by atoms with Gasteiger partial charge in [-0.15, -0.1) is 0 Å². The van der Waals surface area contributed by atoms with Crippen LogP contribution >= 0.6 is 0 Å². The number of hydrogen-bond acceptors (Lipinski definition) is 4. The molecule has 0 bridgehead atoms. The zero-order chi connectivity index (χ0) is 21.1. The summed E-state index contributed by atoms with van der Waals surface area (Å²) in [6, 6.07) is 22.9. The first-order valence-corrected chi connectivity index (χ1v) is 9.84. The fourth-order valence-electron chi connectivity index (χ4n) is 3.58. The molecule has 1 atom stereocenters. The van der Waals surface area contributed by atoms with Crippen LogP contribution in [0.4, 0.5) is 5.69 Å².